The summed E-state index contributed by atoms with van der Waals surface area (Å²) in [5, 5.41) is 13.8. The fourth-order valence-electron chi connectivity index (χ4n) is 1.71. The van der Waals surface area contributed by atoms with Gasteiger partial charge in [0.2, 0.25) is 16.9 Å². The molecule has 1 aromatic carbocycles. The second-order valence-electron chi connectivity index (χ2n) is 4.66. The Morgan fingerprint density at radius 2 is 1.92 bits per heavy atom. The predicted octanol–water partition coefficient (Wildman–Crippen LogP) is 0.519. The second kappa shape index (κ2) is 9.50. The third kappa shape index (κ3) is 6.65. The van der Waals surface area contributed by atoms with Gasteiger partial charge in [0.05, 0.1) is 0 Å². The van der Waals surface area contributed by atoms with Gasteiger partial charge in [0.25, 0.3) is 5.09 Å². The lowest BCUT2D eigenvalue weighted by molar-refractivity contribution is -0.763. The molecule has 0 bridgehead atoms. The number of likely N-dealkylation sites (N-methyl/N-ethyl adjacent to an activating group) is 1. The number of nitrogens with zero attached hydrogens (tertiary/aromatic N) is 1. The van der Waals surface area contributed by atoms with Gasteiger partial charge < -0.3 is 15.5 Å². The molecule has 0 radical (unpaired) electrons. The Bertz CT molecular complexity index is 619. The molecule has 130 valence electrons. The third-order valence-electron chi connectivity index (χ3n) is 2.85. The highest BCUT2D eigenvalue weighted by atomic mass is 32.2. The van der Waals surface area contributed by atoms with Crippen LogP contribution in [0.3, 0.4) is 0 Å². The highest BCUT2D eigenvalue weighted by Gasteiger charge is 2.20. The highest BCUT2D eigenvalue weighted by molar-refractivity contribution is 8.14. The molecular weight excluding hydrogens is 338 g/mol. The van der Waals surface area contributed by atoms with E-state index in [1.54, 1.807) is 12.1 Å². The van der Waals surface area contributed by atoms with E-state index in [4.69, 9.17) is 0 Å². The molecule has 24 heavy (non-hydrogen) atoms. The van der Waals surface area contributed by atoms with Crippen molar-refractivity contribution in [3.8, 4) is 0 Å². The standard InChI is InChI=1S/C14H17N3O6S/c1-9(18)16-12(13(19)15-2)8-24-14(20)11-5-3-10(4-6-11)7-23-17(21)22/h3-6,12H,7-8H2,1-2H3,(H,15,19)(H,16,18)/t12-/m0/s1. The lowest BCUT2D eigenvalue weighted by Crippen LogP contribution is -2.46. The van der Waals surface area contributed by atoms with Gasteiger partial charge in [0, 0.05) is 25.3 Å². The Morgan fingerprint density at radius 3 is 2.42 bits per heavy atom. The van der Waals surface area contributed by atoms with Crippen molar-refractivity contribution >= 4 is 28.7 Å². The van der Waals surface area contributed by atoms with Crippen LogP contribution in [0.2, 0.25) is 0 Å². The zero-order chi connectivity index (χ0) is 18.1. The Hall–Kier alpha value is -2.62. The molecule has 9 nitrogen and oxygen atoms in total. The average molecular weight is 355 g/mol. The Morgan fingerprint density at radius 1 is 1.29 bits per heavy atom. The van der Waals surface area contributed by atoms with E-state index in [1.165, 1.54) is 26.1 Å². The van der Waals surface area contributed by atoms with E-state index < -0.39 is 17.0 Å². The summed E-state index contributed by atoms with van der Waals surface area (Å²) in [6.07, 6.45) is 0. The first kappa shape index (κ1) is 19.4. The molecular formula is C14H17N3O6S. The average Bonchev–Trinajstić information content (AvgIpc) is 2.55. The lowest BCUT2D eigenvalue weighted by atomic mass is 10.2. The van der Waals surface area contributed by atoms with Crippen molar-refractivity contribution in [2.75, 3.05) is 12.8 Å². The maximum Gasteiger partial charge on any atom is 0.294 e. The number of hydrogen-bond acceptors (Lipinski definition) is 7. The number of carbonyl (C=O) groups excluding carboxylic acids is 3. The summed E-state index contributed by atoms with van der Waals surface area (Å²) in [5.74, 6) is -0.672. The smallest absolute Gasteiger partial charge is 0.294 e. The molecule has 2 amide bonds. The molecule has 0 spiro atoms. The van der Waals surface area contributed by atoms with Crippen molar-refractivity contribution in [1.29, 1.82) is 0 Å². The summed E-state index contributed by atoms with van der Waals surface area (Å²) in [5.41, 5.74) is 0.929. The summed E-state index contributed by atoms with van der Waals surface area (Å²) in [4.78, 5) is 49.2. The van der Waals surface area contributed by atoms with E-state index in [0.717, 1.165) is 11.8 Å². The SMILES string of the molecule is CNC(=O)[C@H](CSC(=O)c1ccc(CO[N+](=O)[O-])cc1)NC(C)=O. The van der Waals surface area contributed by atoms with E-state index in [2.05, 4.69) is 15.5 Å². The van der Waals surface area contributed by atoms with Gasteiger partial charge in [-0.15, -0.1) is 10.1 Å². The van der Waals surface area contributed by atoms with Crippen molar-refractivity contribution in [3.05, 3.63) is 45.5 Å². The fourth-order valence-corrected chi connectivity index (χ4v) is 2.56. The zero-order valence-corrected chi connectivity index (χ0v) is 13.9. The quantitative estimate of drug-likeness (QED) is 0.514. The van der Waals surface area contributed by atoms with E-state index in [-0.39, 0.29) is 23.4 Å². The molecule has 0 saturated heterocycles. The molecule has 0 aliphatic heterocycles. The van der Waals surface area contributed by atoms with Crippen LogP contribution in [0, 0.1) is 10.1 Å². The Labute approximate surface area is 142 Å². The number of nitrogens with one attached hydrogen (secondary N) is 2. The Kier molecular flexibility index (Phi) is 7.69. The molecule has 0 aliphatic carbocycles. The zero-order valence-electron chi connectivity index (χ0n) is 13.1. The number of amides is 2. The molecule has 0 fully saturated rings. The maximum absolute atomic E-state index is 12.1. The van der Waals surface area contributed by atoms with Gasteiger partial charge in [-0.2, -0.15) is 0 Å². The second-order valence-corrected chi connectivity index (χ2v) is 5.65. The summed E-state index contributed by atoms with van der Waals surface area (Å²) < 4.78 is 0. The van der Waals surface area contributed by atoms with Crippen LogP contribution in [0.5, 0.6) is 0 Å². The topological polar surface area (TPSA) is 128 Å². The molecule has 0 saturated carbocycles. The van der Waals surface area contributed by atoms with Crippen LogP contribution in [0.15, 0.2) is 24.3 Å². The highest BCUT2D eigenvalue weighted by Crippen LogP contribution is 2.15. The predicted molar refractivity (Wildman–Crippen MR) is 86.7 cm³/mol. The van der Waals surface area contributed by atoms with Crippen LogP contribution in [0.1, 0.15) is 22.8 Å². The normalized spacial score (nSPS) is 11.2. The number of carbonyl (C=O) groups is 3. The maximum atomic E-state index is 12.1. The van der Waals surface area contributed by atoms with Crippen LogP contribution >= 0.6 is 11.8 Å². The van der Waals surface area contributed by atoms with Crippen molar-refractivity contribution in [2.45, 2.75) is 19.6 Å². The number of thioether (sulfide) groups is 1. The van der Waals surface area contributed by atoms with Crippen LogP contribution in [0.4, 0.5) is 0 Å². The minimum Gasteiger partial charge on any atom is -0.357 e. The number of benzene rings is 1. The minimum absolute atomic E-state index is 0.0876. The van der Waals surface area contributed by atoms with Crippen molar-refractivity contribution in [2.24, 2.45) is 0 Å². The van der Waals surface area contributed by atoms with Gasteiger partial charge in [-0.1, -0.05) is 36.0 Å². The molecule has 10 heteroatoms. The first-order valence-corrected chi connectivity index (χ1v) is 7.84. The molecule has 0 aliphatic rings. The Balaban J connectivity index is 2.61. The molecule has 0 unspecified atom stereocenters. The van der Waals surface area contributed by atoms with Gasteiger partial charge in [0.1, 0.15) is 12.6 Å². The van der Waals surface area contributed by atoms with Gasteiger partial charge in [0.15, 0.2) is 0 Å². The van der Waals surface area contributed by atoms with Gasteiger partial charge >= 0.3 is 0 Å². The molecule has 1 aromatic rings. The van der Waals surface area contributed by atoms with E-state index in [0.29, 0.717) is 11.1 Å². The monoisotopic (exact) mass is 355 g/mol. The van der Waals surface area contributed by atoms with E-state index >= 15 is 0 Å². The molecule has 0 aromatic heterocycles. The first-order chi connectivity index (χ1) is 11.3. The van der Waals surface area contributed by atoms with Gasteiger partial charge in [-0.05, 0) is 5.56 Å². The lowest BCUT2D eigenvalue weighted by Gasteiger charge is -2.15. The van der Waals surface area contributed by atoms with Gasteiger partial charge in [-0.25, -0.2) is 0 Å². The summed E-state index contributed by atoms with van der Waals surface area (Å²) in [6.45, 7) is 1.09. The van der Waals surface area contributed by atoms with Crippen LogP contribution < -0.4 is 10.6 Å². The third-order valence-corrected chi connectivity index (χ3v) is 3.85. The molecule has 2 N–H and O–H groups in total. The molecule has 1 rings (SSSR count). The summed E-state index contributed by atoms with van der Waals surface area (Å²) >= 11 is 0.893. The molecule has 0 heterocycles. The van der Waals surface area contributed by atoms with Crippen LogP contribution in [-0.2, 0) is 21.0 Å². The van der Waals surface area contributed by atoms with Crippen molar-refractivity contribution < 1.29 is 24.3 Å². The first-order valence-electron chi connectivity index (χ1n) is 6.85. The van der Waals surface area contributed by atoms with Gasteiger partial charge in [-0.3, -0.25) is 14.4 Å². The molecule has 1 atom stereocenters. The van der Waals surface area contributed by atoms with Crippen LogP contribution in [0.25, 0.3) is 0 Å². The number of rotatable bonds is 8. The summed E-state index contributed by atoms with van der Waals surface area (Å²) in [6, 6.07) is 5.31. The number of hydrogen-bond donors (Lipinski definition) is 2. The van der Waals surface area contributed by atoms with Crippen molar-refractivity contribution in [1.82, 2.24) is 10.6 Å². The van der Waals surface area contributed by atoms with Crippen LogP contribution in [-0.4, -0.2) is 40.9 Å². The largest absolute Gasteiger partial charge is 0.357 e. The minimum atomic E-state index is -0.893. The van der Waals surface area contributed by atoms with E-state index in [9.17, 15) is 24.5 Å². The fraction of sp³-hybridized carbons (Fsp3) is 0.357. The summed E-state index contributed by atoms with van der Waals surface area (Å²) in [7, 11) is 1.44. The van der Waals surface area contributed by atoms with Crippen molar-refractivity contribution in [3.63, 3.8) is 0 Å². The van der Waals surface area contributed by atoms with E-state index in [1.807, 2.05) is 0 Å².